The van der Waals surface area contributed by atoms with Crippen molar-refractivity contribution in [3.63, 3.8) is 0 Å². The van der Waals surface area contributed by atoms with Crippen molar-refractivity contribution >= 4 is 16.7 Å². The highest BCUT2D eigenvalue weighted by molar-refractivity contribution is 5.95. The summed E-state index contributed by atoms with van der Waals surface area (Å²) in [6, 6.07) is 13.1. The van der Waals surface area contributed by atoms with Crippen LogP contribution in [0.1, 0.15) is 27.7 Å². The second-order valence-electron chi connectivity index (χ2n) is 8.19. The third-order valence-corrected chi connectivity index (χ3v) is 5.98. The SMILES string of the molecule is CN(C(=O)c1ccc(Oc2ccc(F)cc2)cc1)[C@@H]1COCc2[nH]c(=O)c3cc(F)c(F)cc3c21. The number of benzene rings is 3. The van der Waals surface area contributed by atoms with E-state index in [1.165, 1.54) is 29.2 Å². The maximum Gasteiger partial charge on any atom is 0.256 e. The van der Waals surface area contributed by atoms with Crippen LogP contribution in [0.5, 0.6) is 11.5 Å². The Morgan fingerprint density at radius 2 is 1.57 bits per heavy atom. The van der Waals surface area contributed by atoms with E-state index in [0.29, 0.717) is 28.3 Å². The number of fused-ring (bicyclic) bond motifs is 3. The van der Waals surface area contributed by atoms with Crippen molar-refractivity contribution in [3.05, 3.63) is 105 Å². The zero-order chi connectivity index (χ0) is 24.7. The molecule has 6 nitrogen and oxygen atoms in total. The number of nitrogens with one attached hydrogen (secondary N) is 1. The maximum atomic E-state index is 14.1. The van der Waals surface area contributed by atoms with E-state index in [-0.39, 0.29) is 35.7 Å². The van der Waals surface area contributed by atoms with Crippen LogP contribution >= 0.6 is 0 Å². The summed E-state index contributed by atoms with van der Waals surface area (Å²) in [7, 11) is 1.57. The second kappa shape index (κ2) is 8.92. The standard InChI is InChI=1S/C26H19F3N2O4/c1-31(26(33)14-2-6-16(7-3-14)35-17-8-4-15(27)5-9-17)23-13-34-12-22-24(23)18-10-20(28)21(29)11-19(18)25(32)30-22/h2-11,23H,12-13H2,1H3,(H,30,32)/t23-/m1/s1. The molecule has 0 saturated heterocycles. The lowest BCUT2D eigenvalue weighted by molar-refractivity contribution is 0.0335. The van der Waals surface area contributed by atoms with Gasteiger partial charge in [0, 0.05) is 23.9 Å². The molecule has 9 heteroatoms. The number of aromatic nitrogens is 1. The molecular formula is C26H19F3N2O4. The van der Waals surface area contributed by atoms with Crippen molar-refractivity contribution in [3.8, 4) is 11.5 Å². The predicted molar refractivity (Wildman–Crippen MR) is 122 cm³/mol. The first-order valence-corrected chi connectivity index (χ1v) is 10.7. The minimum absolute atomic E-state index is 0.00214. The Labute approximate surface area is 197 Å². The van der Waals surface area contributed by atoms with Crippen molar-refractivity contribution in [2.75, 3.05) is 13.7 Å². The summed E-state index contributed by atoms with van der Waals surface area (Å²) in [5.74, 6) is -2.02. The van der Waals surface area contributed by atoms with Gasteiger partial charge in [-0.05, 0) is 66.0 Å². The molecule has 1 aliphatic heterocycles. The molecular weight excluding hydrogens is 461 g/mol. The van der Waals surface area contributed by atoms with Gasteiger partial charge in [-0.1, -0.05) is 0 Å². The number of amides is 1. The molecule has 4 aromatic rings. The molecule has 0 unspecified atom stereocenters. The van der Waals surface area contributed by atoms with Gasteiger partial charge < -0.3 is 19.4 Å². The largest absolute Gasteiger partial charge is 0.457 e. The average molecular weight is 480 g/mol. The quantitative estimate of drug-likeness (QED) is 0.442. The number of hydrogen-bond acceptors (Lipinski definition) is 4. The number of pyridine rings is 1. The van der Waals surface area contributed by atoms with Crippen LogP contribution in [0.25, 0.3) is 10.8 Å². The highest BCUT2D eigenvalue weighted by Gasteiger charge is 2.31. The third kappa shape index (κ3) is 4.26. The average Bonchev–Trinajstić information content (AvgIpc) is 2.86. The number of aromatic amines is 1. The molecule has 0 saturated carbocycles. The Hall–Kier alpha value is -4.11. The number of nitrogens with zero attached hydrogens (tertiary/aromatic N) is 1. The van der Waals surface area contributed by atoms with Crippen LogP contribution in [0.4, 0.5) is 13.2 Å². The van der Waals surface area contributed by atoms with Crippen LogP contribution in [0.3, 0.4) is 0 Å². The smallest absolute Gasteiger partial charge is 0.256 e. The number of likely N-dealkylation sites (N-methyl/N-ethyl adjacent to an activating group) is 1. The van der Waals surface area contributed by atoms with Crippen LogP contribution in [0.15, 0.2) is 65.5 Å². The van der Waals surface area contributed by atoms with E-state index >= 15 is 0 Å². The van der Waals surface area contributed by atoms with Crippen molar-refractivity contribution < 1.29 is 27.4 Å². The first-order valence-electron chi connectivity index (χ1n) is 10.7. The Kier molecular flexibility index (Phi) is 5.78. The summed E-state index contributed by atoms with van der Waals surface area (Å²) in [6.45, 7) is 0.189. The van der Waals surface area contributed by atoms with Crippen LogP contribution in [-0.2, 0) is 11.3 Å². The van der Waals surface area contributed by atoms with E-state index in [2.05, 4.69) is 4.98 Å². The Morgan fingerprint density at radius 1 is 0.971 bits per heavy atom. The summed E-state index contributed by atoms with van der Waals surface area (Å²) in [5.41, 5.74) is 0.717. The van der Waals surface area contributed by atoms with Gasteiger partial charge in [0.2, 0.25) is 0 Å². The van der Waals surface area contributed by atoms with E-state index in [0.717, 1.165) is 12.1 Å². The van der Waals surface area contributed by atoms with Crippen molar-refractivity contribution in [2.45, 2.75) is 12.6 Å². The maximum absolute atomic E-state index is 14.1. The molecule has 35 heavy (non-hydrogen) atoms. The molecule has 0 bridgehead atoms. The van der Waals surface area contributed by atoms with Crippen molar-refractivity contribution in [1.82, 2.24) is 9.88 Å². The monoisotopic (exact) mass is 480 g/mol. The van der Waals surface area contributed by atoms with E-state index in [1.807, 2.05) is 0 Å². The molecule has 1 atom stereocenters. The molecule has 1 amide bonds. The fraction of sp³-hybridized carbons (Fsp3) is 0.154. The molecule has 0 aliphatic carbocycles. The van der Waals surface area contributed by atoms with Gasteiger partial charge in [-0.3, -0.25) is 9.59 Å². The minimum Gasteiger partial charge on any atom is -0.457 e. The summed E-state index contributed by atoms with van der Waals surface area (Å²) >= 11 is 0. The highest BCUT2D eigenvalue weighted by atomic mass is 19.2. The van der Waals surface area contributed by atoms with Gasteiger partial charge in [0.15, 0.2) is 11.6 Å². The molecule has 2 heterocycles. The first-order chi connectivity index (χ1) is 16.8. The highest BCUT2D eigenvalue weighted by Crippen LogP contribution is 2.34. The van der Waals surface area contributed by atoms with Crippen molar-refractivity contribution in [1.29, 1.82) is 0 Å². The number of hydrogen-bond donors (Lipinski definition) is 1. The fourth-order valence-corrected chi connectivity index (χ4v) is 4.20. The Balaban J connectivity index is 1.44. The lowest BCUT2D eigenvalue weighted by atomic mass is 9.95. The summed E-state index contributed by atoms with van der Waals surface area (Å²) in [5, 5.41) is 0.233. The summed E-state index contributed by atoms with van der Waals surface area (Å²) in [4.78, 5) is 29.8. The zero-order valence-electron chi connectivity index (χ0n) is 18.5. The van der Waals surface area contributed by atoms with Gasteiger partial charge in [-0.25, -0.2) is 13.2 Å². The van der Waals surface area contributed by atoms with Gasteiger partial charge in [0.05, 0.1) is 24.6 Å². The summed E-state index contributed by atoms with van der Waals surface area (Å²) in [6.07, 6.45) is 0. The molecule has 178 valence electrons. The molecule has 1 aromatic heterocycles. The van der Waals surface area contributed by atoms with Crippen LogP contribution in [0.2, 0.25) is 0 Å². The van der Waals surface area contributed by atoms with E-state index in [4.69, 9.17) is 9.47 Å². The first kappa shape index (κ1) is 22.7. The number of carbonyl (C=O) groups is 1. The topological polar surface area (TPSA) is 71.6 Å². The Bertz CT molecular complexity index is 1480. The number of rotatable bonds is 4. The molecule has 0 spiro atoms. The fourth-order valence-electron chi connectivity index (χ4n) is 4.20. The van der Waals surface area contributed by atoms with Crippen LogP contribution in [-0.4, -0.2) is 29.4 Å². The lowest BCUT2D eigenvalue weighted by Crippen LogP contribution is -2.37. The van der Waals surface area contributed by atoms with Gasteiger partial charge in [0.1, 0.15) is 17.3 Å². The molecule has 1 N–H and O–H groups in total. The van der Waals surface area contributed by atoms with Gasteiger partial charge in [0.25, 0.3) is 11.5 Å². The predicted octanol–water partition coefficient (Wildman–Crippen LogP) is 5.08. The molecule has 3 aromatic carbocycles. The number of ether oxygens (including phenoxy) is 2. The van der Waals surface area contributed by atoms with E-state index < -0.39 is 23.2 Å². The molecule has 1 aliphatic rings. The van der Waals surface area contributed by atoms with Crippen LogP contribution < -0.4 is 10.3 Å². The van der Waals surface area contributed by atoms with Gasteiger partial charge >= 0.3 is 0 Å². The van der Waals surface area contributed by atoms with E-state index in [1.54, 1.807) is 31.3 Å². The molecule has 5 rings (SSSR count). The number of halogens is 3. The van der Waals surface area contributed by atoms with Gasteiger partial charge in [-0.15, -0.1) is 0 Å². The summed E-state index contributed by atoms with van der Waals surface area (Å²) < 4.78 is 52.2. The van der Waals surface area contributed by atoms with Crippen LogP contribution in [0, 0.1) is 17.5 Å². The zero-order valence-corrected chi connectivity index (χ0v) is 18.5. The van der Waals surface area contributed by atoms with E-state index in [9.17, 15) is 22.8 Å². The number of H-pyrrole nitrogens is 1. The number of carbonyl (C=O) groups excluding carboxylic acids is 1. The lowest BCUT2D eigenvalue weighted by Gasteiger charge is -2.34. The Morgan fingerprint density at radius 3 is 2.23 bits per heavy atom. The van der Waals surface area contributed by atoms with Gasteiger partial charge in [-0.2, -0.15) is 0 Å². The van der Waals surface area contributed by atoms with Crippen molar-refractivity contribution in [2.24, 2.45) is 0 Å². The molecule has 0 fully saturated rings. The second-order valence-corrected chi connectivity index (χ2v) is 8.19. The minimum atomic E-state index is -1.13. The molecule has 0 radical (unpaired) electrons. The normalized spacial score (nSPS) is 15.0. The third-order valence-electron chi connectivity index (χ3n) is 5.98.